The average molecular weight is 280 g/mol. The van der Waals surface area contributed by atoms with E-state index in [2.05, 4.69) is 4.98 Å². The average Bonchev–Trinajstić information content (AvgIpc) is 2.31. The molecule has 0 aliphatic rings. The Morgan fingerprint density at radius 2 is 2.22 bits per heavy atom. The van der Waals surface area contributed by atoms with Crippen molar-refractivity contribution in [1.29, 1.82) is 0 Å². The molecule has 0 aliphatic heterocycles. The first-order valence-corrected chi connectivity index (χ1v) is 5.54. The van der Waals surface area contributed by atoms with Gasteiger partial charge >= 0.3 is 5.97 Å². The summed E-state index contributed by atoms with van der Waals surface area (Å²) in [7, 11) is 1.31. The SMILES string of the molecule is CCOC(=O)Cc1c(OC)ncc(C(F)F)c1Cl. The van der Waals surface area contributed by atoms with Gasteiger partial charge < -0.3 is 9.47 Å². The number of rotatable bonds is 5. The Hall–Kier alpha value is -1.43. The van der Waals surface area contributed by atoms with Gasteiger partial charge in [0.05, 0.1) is 30.7 Å². The predicted molar refractivity (Wildman–Crippen MR) is 61.1 cm³/mol. The topological polar surface area (TPSA) is 48.4 Å². The maximum absolute atomic E-state index is 12.6. The van der Waals surface area contributed by atoms with E-state index in [1.54, 1.807) is 6.92 Å². The van der Waals surface area contributed by atoms with Gasteiger partial charge in [-0.25, -0.2) is 13.8 Å². The number of hydrogen-bond donors (Lipinski definition) is 0. The molecule has 100 valence electrons. The van der Waals surface area contributed by atoms with Gasteiger partial charge in [0.15, 0.2) is 0 Å². The van der Waals surface area contributed by atoms with Crippen molar-refractivity contribution in [2.75, 3.05) is 13.7 Å². The van der Waals surface area contributed by atoms with Crippen LogP contribution in [-0.4, -0.2) is 24.7 Å². The van der Waals surface area contributed by atoms with E-state index in [9.17, 15) is 13.6 Å². The van der Waals surface area contributed by atoms with Crippen LogP contribution in [0, 0.1) is 0 Å². The lowest BCUT2D eigenvalue weighted by atomic mass is 10.1. The van der Waals surface area contributed by atoms with E-state index < -0.39 is 18.0 Å². The number of alkyl halides is 2. The lowest BCUT2D eigenvalue weighted by Crippen LogP contribution is -2.10. The summed E-state index contributed by atoms with van der Waals surface area (Å²) in [6.07, 6.45) is -2.10. The van der Waals surface area contributed by atoms with Crippen molar-refractivity contribution in [3.8, 4) is 5.88 Å². The highest BCUT2D eigenvalue weighted by Crippen LogP contribution is 2.33. The first kappa shape index (κ1) is 14.6. The van der Waals surface area contributed by atoms with E-state index in [4.69, 9.17) is 21.1 Å². The molecule has 0 aliphatic carbocycles. The van der Waals surface area contributed by atoms with Gasteiger partial charge in [-0.1, -0.05) is 11.6 Å². The van der Waals surface area contributed by atoms with Gasteiger partial charge in [-0.15, -0.1) is 0 Å². The second-order valence-electron chi connectivity index (χ2n) is 3.30. The number of nitrogens with zero attached hydrogens (tertiary/aromatic N) is 1. The first-order valence-electron chi connectivity index (χ1n) is 5.16. The van der Waals surface area contributed by atoms with E-state index >= 15 is 0 Å². The third-order valence-electron chi connectivity index (χ3n) is 2.15. The number of hydrogen-bond acceptors (Lipinski definition) is 4. The number of ether oxygens (including phenoxy) is 2. The molecule has 0 N–H and O–H groups in total. The zero-order chi connectivity index (χ0) is 13.7. The van der Waals surface area contributed by atoms with Gasteiger partial charge in [0, 0.05) is 11.8 Å². The van der Waals surface area contributed by atoms with Gasteiger partial charge in [-0.2, -0.15) is 0 Å². The Labute approximate surface area is 108 Å². The standard InChI is InChI=1S/C11H12ClF2NO3/c1-3-18-8(16)4-6-9(12)7(10(13)14)5-15-11(6)17-2/h5,10H,3-4H2,1-2H3. The molecule has 18 heavy (non-hydrogen) atoms. The zero-order valence-corrected chi connectivity index (χ0v) is 10.6. The molecule has 0 spiro atoms. The van der Waals surface area contributed by atoms with Crippen LogP contribution in [0.1, 0.15) is 24.5 Å². The lowest BCUT2D eigenvalue weighted by Gasteiger charge is -2.12. The van der Waals surface area contributed by atoms with Crippen molar-refractivity contribution in [1.82, 2.24) is 4.98 Å². The number of halogens is 3. The second kappa shape index (κ2) is 6.49. The minimum Gasteiger partial charge on any atom is -0.481 e. The number of methoxy groups -OCH3 is 1. The van der Waals surface area contributed by atoms with Crippen LogP contribution >= 0.6 is 11.6 Å². The summed E-state index contributed by atoms with van der Waals surface area (Å²) >= 11 is 5.82. The van der Waals surface area contributed by atoms with Crippen LogP contribution in [0.4, 0.5) is 8.78 Å². The molecule has 0 saturated carbocycles. The highest BCUT2D eigenvalue weighted by molar-refractivity contribution is 6.32. The number of carbonyl (C=O) groups is 1. The van der Waals surface area contributed by atoms with Crippen LogP contribution in [0.5, 0.6) is 5.88 Å². The molecule has 0 fully saturated rings. The van der Waals surface area contributed by atoms with Crippen LogP contribution in [-0.2, 0) is 16.0 Å². The summed E-state index contributed by atoms with van der Waals surface area (Å²) in [5, 5.41) is -0.218. The van der Waals surface area contributed by atoms with Gasteiger partial charge in [-0.05, 0) is 6.92 Å². The van der Waals surface area contributed by atoms with Crippen LogP contribution in [0.15, 0.2) is 6.20 Å². The van der Waals surface area contributed by atoms with Crippen molar-refractivity contribution < 1.29 is 23.0 Å². The molecule has 0 atom stereocenters. The monoisotopic (exact) mass is 279 g/mol. The molecule has 0 aromatic carbocycles. The van der Waals surface area contributed by atoms with Crippen molar-refractivity contribution in [3.63, 3.8) is 0 Å². The third kappa shape index (κ3) is 3.29. The van der Waals surface area contributed by atoms with E-state index in [1.807, 2.05) is 0 Å². The summed E-state index contributed by atoms with van der Waals surface area (Å²) in [5.74, 6) is -0.539. The molecule has 0 bridgehead atoms. The third-order valence-corrected chi connectivity index (χ3v) is 2.60. The number of pyridine rings is 1. The molecule has 1 rings (SSSR count). The number of esters is 1. The molecule has 0 amide bonds. The highest BCUT2D eigenvalue weighted by Gasteiger charge is 2.21. The molecule has 0 unspecified atom stereocenters. The molecule has 7 heteroatoms. The van der Waals surface area contributed by atoms with Gasteiger partial charge in [0.2, 0.25) is 5.88 Å². The first-order chi connectivity index (χ1) is 8.51. The number of aromatic nitrogens is 1. The Bertz CT molecular complexity index is 441. The smallest absolute Gasteiger partial charge is 0.310 e. The van der Waals surface area contributed by atoms with Crippen LogP contribution in [0.3, 0.4) is 0 Å². The Balaban J connectivity index is 3.13. The van der Waals surface area contributed by atoms with Crippen molar-refractivity contribution in [3.05, 3.63) is 22.3 Å². The fourth-order valence-corrected chi connectivity index (χ4v) is 1.65. The Morgan fingerprint density at radius 1 is 1.56 bits per heavy atom. The Morgan fingerprint density at radius 3 is 2.72 bits per heavy atom. The molecule has 4 nitrogen and oxygen atoms in total. The summed E-state index contributed by atoms with van der Waals surface area (Å²) in [4.78, 5) is 15.1. The largest absolute Gasteiger partial charge is 0.481 e. The van der Waals surface area contributed by atoms with Crippen LogP contribution in [0.25, 0.3) is 0 Å². The van der Waals surface area contributed by atoms with Crippen molar-refractivity contribution in [2.24, 2.45) is 0 Å². The van der Waals surface area contributed by atoms with Gasteiger partial charge in [-0.3, -0.25) is 4.79 Å². The molecular formula is C11H12ClF2NO3. The van der Waals surface area contributed by atoms with E-state index in [0.29, 0.717) is 0 Å². The van der Waals surface area contributed by atoms with Gasteiger partial charge in [0.25, 0.3) is 6.43 Å². The normalized spacial score (nSPS) is 10.6. The molecular weight excluding hydrogens is 268 g/mol. The lowest BCUT2D eigenvalue weighted by molar-refractivity contribution is -0.142. The quantitative estimate of drug-likeness (QED) is 0.778. The maximum Gasteiger partial charge on any atom is 0.310 e. The fourth-order valence-electron chi connectivity index (χ4n) is 1.37. The summed E-state index contributed by atoms with van der Waals surface area (Å²) in [6.45, 7) is 1.84. The molecule has 1 aromatic rings. The van der Waals surface area contributed by atoms with Crippen molar-refractivity contribution >= 4 is 17.6 Å². The molecule has 0 radical (unpaired) electrons. The Kier molecular flexibility index (Phi) is 5.27. The minimum atomic E-state index is -2.77. The highest BCUT2D eigenvalue weighted by atomic mass is 35.5. The summed E-state index contributed by atoms with van der Waals surface area (Å²) in [5.41, 5.74) is -0.327. The van der Waals surface area contributed by atoms with Crippen LogP contribution in [0.2, 0.25) is 5.02 Å². The van der Waals surface area contributed by atoms with Crippen molar-refractivity contribution in [2.45, 2.75) is 19.8 Å². The maximum atomic E-state index is 12.6. The van der Waals surface area contributed by atoms with E-state index in [0.717, 1.165) is 6.20 Å². The van der Waals surface area contributed by atoms with E-state index in [1.165, 1.54) is 7.11 Å². The number of carbonyl (C=O) groups excluding carboxylic acids is 1. The molecule has 1 heterocycles. The second-order valence-corrected chi connectivity index (χ2v) is 3.68. The summed E-state index contributed by atoms with van der Waals surface area (Å²) < 4.78 is 34.9. The van der Waals surface area contributed by atoms with E-state index in [-0.39, 0.29) is 29.5 Å². The molecule has 1 aromatic heterocycles. The van der Waals surface area contributed by atoms with Crippen LogP contribution < -0.4 is 4.74 Å². The van der Waals surface area contributed by atoms with Gasteiger partial charge in [0.1, 0.15) is 0 Å². The minimum absolute atomic E-state index is 0.0393. The molecule has 0 saturated heterocycles. The zero-order valence-electron chi connectivity index (χ0n) is 9.87. The fraction of sp³-hybridized carbons (Fsp3) is 0.455. The summed E-state index contributed by atoms with van der Waals surface area (Å²) in [6, 6.07) is 0. The predicted octanol–water partition coefficient (Wildman–Crippen LogP) is 2.79.